The second-order valence-electron chi connectivity index (χ2n) is 4.87. The summed E-state index contributed by atoms with van der Waals surface area (Å²) in [5.41, 5.74) is 6.80. The van der Waals surface area contributed by atoms with Crippen LogP contribution in [0.5, 0.6) is 0 Å². The van der Waals surface area contributed by atoms with E-state index in [1.807, 2.05) is 37.3 Å². The number of carbonyl (C=O) groups excluding carboxylic acids is 1. The first-order chi connectivity index (χ1) is 11.6. The maximum Gasteiger partial charge on any atom is 0.237 e. The fraction of sp³-hybridized carbons (Fsp3) is 0.176. The number of rotatable bonds is 5. The standard InChI is InChI=1S/C17H15N5OS/c1-2-14(16(23)21-13-6-4-3-5-7-13)24-17-12(10-19)8-11(9-18)15(20)22-17/h3-8,14H,2H2,1H3,(H2,20,22)(H,21,23)/t14-/m1/s1. The van der Waals surface area contributed by atoms with Crippen molar-refractivity contribution < 1.29 is 4.79 Å². The molecular weight excluding hydrogens is 322 g/mol. The lowest BCUT2D eigenvalue weighted by Crippen LogP contribution is -2.24. The van der Waals surface area contributed by atoms with E-state index in [0.717, 1.165) is 0 Å². The van der Waals surface area contributed by atoms with E-state index < -0.39 is 5.25 Å². The summed E-state index contributed by atoms with van der Waals surface area (Å²) in [4.78, 5) is 16.5. The first-order valence-corrected chi connectivity index (χ1v) is 8.10. The lowest BCUT2D eigenvalue weighted by molar-refractivity contribution is -0.115. The third kappa shape index (κ3) is 4.03. The molecule has 2 rings (SSSR count). The van der Waals surface area contributed by atoms with E-state index in [2.05, 4.69) is 10.3 Å². The van der Waals surface area contributed by atoms with Crippen LogP contribution in [0.15, 0.2) is 41.4 Å². The van der Waals surface area contributed by atoms with Crippen LogP contribution in [0, 0.1) is 22.7 Å². The van der Waals surface area contributed by atoms with Crippen molar-refractivity contribution in [1.82, 2.24) is 4.98 Å². The van der Waals surface area contributed by atoms with Gasteiger partial charge >= 0.3 is 0 Å². The first-order valence-electron chi connectivity index (χ1n) is 7.22. The van der Waals surface area contributed by atoms with Crippen LogP contribution in [0.3, 0.4) is 0 Å². The van der Waals surface area contributed by atoms with Gasteiger partial charge in [0.05, 0.1) is 16.4 Å². The lowest BCUT2D eigenvalue weighted by Gasteiger charge is -2.15. The largest absolute Gasteiger partial charge is 0.383 e. The highest BCUT2D eigenvalue weighted by Crippen LogP contribution is 2.29. The second-order valence-corrected chi connectivity index (χ2v) is 6.06. The average molecular weight is 337 g/mol. The number of nitriles is 2. The van der Waals surface area contributed by atoms with Gasteiger partial charge in [0.1, 0.15) is 23.0 Å². The highest BCUT2D eigenvalue weighted by molar-refractivity contribution is 8.00. The Kier molecular flexibility index (Phi) is 5.78. The van der Waals surface area contributed by atoms with Crippen molar-refractivity contribution in [3.05, 3.63) is 47.5 Å². The van der Waals surface area contributed by atoms with Crippen LogP contribution in [0.4, 0.5) is 11.5 Å². The molecule has 0 saturated carbocycles. The topological polar surface area (TPSA) is 116 Å². The maximum atomic E-state index is 12.4. The van der Waals surface area contributed by atoms with Crippen molar-refractivity contribution in [2.24, 2.45) is 0 Å². The van der Waals surface area contributed by atoms with Crippen LogP contribution >= 0.6 is 11.8 Å². The summed E-state index contributed by atoms with van der Waals surface area (Å²) in [6, 6.07) is 14.4. The number of anilines is 2. The molecule has 0 aliphatic heterocycles. The molecule has 0 unspecified atom stereocenters. The molecule has 1 amide bonds. The van der Waals surface area contributed by atoms with Crippen molar-refractivity contribution >= 4 is 29.2 Å². The molecule has 0 radical (unpaired) electrons. The highest BCUT2D eigenvalue weighted by atomic mass is 32.2. The van der Waals surface area contributed by atoms with E-state index in [4.69, 9.17) is 11.0 Å². The molecule has 24 heavy (non-hydrogen) atoms. The molecule has 0 bridgehead atoms. The van der Waals surface area contributed by atoms with Crippen molar-refractivity contribution in [2.45, 2.75) is 23.6 Å². The maximum absolute atomic E-state index is 12.4. The zero-order valence-corrected chi connectivity index (χ0v) is 13.8. The SMILES string of the molecule is CC[C@@H](Sc1nc(N)c(C#N)cc1C#N)C(=O)Nc1ccccc1. The van der Waals surface area contributed by atoms with Crippen LogP contribution < -0.4 is 11.1 Å². The van der Waals surface area contributed by atoms with Crippen molar-refractivity contribution in [1.29, 1.82) is 10.5 Å². The smallest absolute Gasteiger partial charge is 0.237 e. The normalized spacial score (nSPS) is 11.1. The van der Waals surface area contributed by atoms with E-state index >= 15 is 0 Å². The fourth-order valence-corrected chi connectivity index (χ4v) is 2.96. The monoisotopic (exact) mass is 337 g/mol. The number of benzene rings is 1. The van der Waals surface area contributed by atoms with E-state index in [0.29, 0.717) is 17.1 Å². The number of pyridine rings is 1. The van der Waals surface area contributed by atoms with Crippen molar-refractivity contribution in [3.8, 4) is 12.1 Å². The number of nitrogens with two attached hydrogens (primary N) is 1. The Morgan fingerprint density at radius 1 is 1.29 bits per heavy atom. The summed E-state index contributed by atoms with van der Waals surface area (Å²) in [5.74, 6) is -0.125. The van der Waals surface area contributed by atoms with E-state index in [9.17, 15) is 10.1 Å². The molecule has 3 N–H and O–H groups in total. The minimum atomic E-state index is -0.433. The van der Waals surface area contributed by atoms with Gasteiger partial charge in [-0.25, -0.2) is 4.98 Å². The van der Waals surface area contributed by atoms with Gasteiger partial charge in [0.15, 0.2) is 0 Å². The van der Waals surface area contributed by atoms with Crippen LogP contribution in [-0.2, 0) is 4.79 Å². The van der Waals surface area contributed by atoms with Crippen LogP contribution in [-0.4, -0.2) is 16.1 Å². The third-order valence-electron chi connectivity index (χ3n) is 3.22. The van der Waals surface area contributed by atoms with Crippen LogP contribution in [0.25, 0.3) is 0 Å². The minimum Gasteiger partial charge on any atom is -0.383 e. The number of hydrogen-bond donors (Lipinski definition) is 2. The molecule has 2 aromatic rings. The Bertz CT molecular complexity index is 823. The molecule has 0 fully saturated rings. The number of aromatic nitrogens is 1. The second kappa shape index (κ2) is 8.00. The lowest BCUT2D eigenvalue weighted by atomic mass is 10.2. The Morgan fingerprint density at radius 3 is 2.54 bits per heavy atom. The highest BCUT2D eigenvalue weighted by Gasteiger charge is 2.21. The van der Waals surface area contributed by atoms with E-state index in [1.54, 1.807) is 12.1 Å². The van der Waals surface area contributed by atoms with Gasteiger partial charge in [0.2, 0.25) is 5.91 Å². The summed E-state index contributed by atoms with van der Waals surface area (Å²) in [5, 5.41) is 20.9. The molecule has 6 nitrogen and oxygen atoms in total. The first kappa shape index (κ1) is 17.3. The Balaban J connectivity index is 2.21. The summed E-state index contributed by atoms with van der Waals surface area (Å²) in [6.45, 7) is 1.88. The number of amides is 1. The van der Waals surface area contributed by atoms with Crippen molar-refractivity contribution in [3.63, 3.8) is 0 Å². The number of thioether (sulfide) groups is 1. The van der Waals surface area contributed by atoms with Gasteiger partial charge in [-0.3, -0.25) is 4.79 Å². The average Bonchev–Trinajstić information content (AvgIpc) is 2.60. The molecule has 1 heterocycles. The predicted molar refractivity (Wildman–Crippen MR) is 93.1 cm³/mol. The van der Waals surface area contributed by atoms with Crippen LogP contribution in [0.1, 0.15) is 24.5 Å². The Hall–Kier alpha value is -3.03. The number of para-hydroxylation sites is 1. The molecule has 120 valence electrons. The zero-order valence-electron chi connectivity index (χ0n) is 13.0. The molecule has 7 heteroatoms. The summed E-state index contributed by atoms with van der Waals surface area (Å²) in [7, 11) is 0. The Morgan fingerprint density at radius 2 is 1.96 bits per heavy atom. The zero-order chi connectivity index (χ0) is 17.5. The summed E-state index contributed by atoms with van der Waals surface area (Å²) in [6.07, 6.45) is 0.551. The minimum absolute atomic E-state index is 0.0531. The fourth-order valence-electron chi connectivity index (χ4n) is 1.97. The Labute approximate surface area is 144 Å². The van der Waals surface area contributed by atoms with Gasteiger partial charge in [-0.15, -0.1) is 0 Å². The van der Waals surface area contributed by atoms with Gasteiger partial charge in [-0.2, -0.15) is 10.5 Å². The van der Waals surface area contributed by atoms with Gasteiger partial charge in [0, 0.05) is 5.69 Å². The number of nitrogen functional groups attached to an aromatic ring is 1. The van der Waals surface area contributed by atoms with Gasteiger partial charge < -0.3 is 11.1 Å². The molecule has 1 atom stereocenters. The molecule has 0 spiro atoms. The van der Waals surface area contributed by atoms with Crippen molar-refractivity contribution in [2.75, 3.05) is 11.1 Å². The molecule has 0 aliphatic rings. The van der Waals surface area contributed by atoms with Crippen LogP contribution in [0.2, 0.25) is 0 Å². The summed E-state index contributed by atoms with van der Waals surface area (Å²) < 4.78 is 0. The number of nitrogens with zero attached hydrogens (tertiary/aromatic N) is 3. The molecule has 0 aliphatic carbocycles. The third-order valence-corrected chi connectivity index (χ3v) is 4.58. The molecular formula is C17H15N5OS. The number of hydrogen-bond acceptors (Lipinski definition) is 6. The summed E-state index contributed by atoms with van der Waals surface area (Å²) >= 11 is 1.17. The molecule has 1 aromatic heterocycles. The number of nitrogens with one attached hydrogen (secondary N) is 1. The molecule has 0 saturated heterocycles. The van der Waals surface area contributed by atoms with E-state index in [1.165, 1.54) is 17.8 Å². The van der Waals surface area contributed by atoms with Gasteiger partial charge in [0.25, 0.3) is 0 Å². The van der Waals surface area contributed by atoms with Gasteiger partial charge in [-0.1, -0.05) is 36.9 Å². The number of carbonyl (C=O) groups is 1. The molecule has 1 aromatic carbocycles. The predicted octanol–water partition coefficient (Wildman–Crippen LogP) is 2.92. The quantitative estimate of drug-likeness (QED) is 0.810. The van der Waals surface area contributed by atoms with Gasteiger partial charge in [-0.05, 0) is 24.6 Å². The van der Waals surface area contributed by atoms with E-state index in [-0.39, 0.29) is 22.9 Å².